The van der Waals surface area contributed by atoms with Crippen LogP contribution in [0.1, 0.15) is 13.3 Å². The van der Waals surface area contributed by atoms with Crippen molar-refractivity contribution in [2.24, 2.45) is 0 Å². The van der Waals surface area contributed by atoms with Crippen molar-refractivity contribution < 1.29 is 27.5 Å². The summed E-state index contributed by atoms with van der Waals surface area (Å²) in [6.45, 7) is 1.49. The SMILES string of the molecule is CCOC(=O)/C(=C\N(C)C)C(=O)CC(F)(F)F. The Morgan fingerprint density at radius 2 is 1.82 bits per heavy atom. The van der Waals surface area contributed by atoms with E-state index in [1.807, 2.05) is 0 Å². The number of carbonyl (C=O) groups excluding carboxylic acids is 2. The van der Waals surface area contributed by atoms with E-state index in [-0.39, 0.29) is 6.61 Å². The Morgan fingerprint density at radius 3 is 2.18 bits per heavy atom. The highest BCUT2D eigenvalue weighted by Crippen LogP contribution is 2.22. The Kier molecular flexibility index (Phi) is 5.70. The minimum Gasteiger partial charge on any atom is -0.462 e. The number of ketones is 1. The molecular formula is C10H14F3NO3. The van der Waals surface area contributed by atoms with Crippen LogP contribution < -0.4 is 0 Å². The molecule has 0 aromatic rings. The fourth-order valence-electron chi connectivity index (χ4n) is 0.983. The van der Waals surface area contributed by atoms with Gasteiger partial charge in [0, 0.05) is 20.3 Å². The van der Waals surface area contributed by atoms with Gasteiger partial charge in [-0.25, -0.2) is 4.79 Å². The molecule has 0 aliphatic heterocycles. The van der Waals surface area contributed by atoms with Crippen LogP contribution in [-0.2, 0) is 14.3 Å². The summed E-state index contributed by atoms with van der Waals surface area (Å²) in [5, 5.41) is 0. The summed E-state index contributed by atoms with van der Waals surface area (Å²) < 4.78 is 40.6. The molecule has 0 radical (unpaired) electrons. The van der Waals surface area contributed by atoms with Crippen LogP contribution in [0, 0.1) is 0 Å². The van der Waals surface area contributed by atoms with Gasteiger partial charge in [0.15, 0.2) is 5.78 Å². The molecule has 0 fully saturated rings. The Bertz CT molecular complexity index is 321. The van der Waals surface area contributed by atoms with E-state index in [9.17, 15) is 22.8 Å². The molecule has 0 bridgehead atoms. The van der Waals surface area contributed by atoms with Gasteiger partial charge in [0.05, 0.1) is 6.61 Å². The topological polar surface area (TPSA) is 46.6 Å². The number of esters is 1. The molecule has 0 spiro atoms. The second-order valence-electron chi connectivity index (χ2n) is 3.44. The normalized spacial score (nSPS) is 12.2. The second kappa shape index (κ2) is 6.27. The van der Waals surface area contributed by atoms with E-state index >= 15 is 0 Å². The van der Waals surface area contributed by atoms with Crippen LogP contribution in [0.3, 0.4) is 0 Å². The number of halogens is 3. The molecule has 0 atom stereocenters. The van der Waals surface area contributed by atoms with E-state index < -0.39 is 29.9 Å². The number of alkyl halides is 3. The van der Waals surface area contributed by atoms with Crippen LogP contribution in [0.4, 0.5) is 13.2 Å². The van der Waals surface area contributed by atoms with E-state index in [0.29, 0.717) is 0 Å². The minimum absolute atomic E-state index is 0.0110. The maximum Gasteiger partial charge on any atom is 0.396 e. The van der Waals surface area contributed by atoms with Crippen LogP contribution in [0.15, 0.2) is 11.8 Å². The van der Waals surface area contributed by atoms with Gasteiger partial charge in [-0.05, 0) is 6.92 Å². The van der Waals surface area contributed by atoms with Crippen molar-refractivity contribution in [1.29, 1.82) is 0 Å². The number of Topliss-reactive ketones (excluding diaryl/α,β-unsaturated/α-hetero) is 1. The van der Waals surface area contributed by atoms with E-state index in [0.717, 1.165) is 6.20 Å². The molecule has 7 heteroatoms. The van der Waals surface area contributed by atoms with Crippen molar-refractivity contribution >= 4 is 11.8 Å². The first-order valence-corrected chi connectivity index (χ1v) is 4.82. The second-order valence-corrected chi connectivity index (χ2v) is 3.44. The zero-order valence-electron chi connectivity index (χ0n) is 9.80. The summed E-state index contributed by atoms with van der Waals surface area (Å²) in [7, 11) is 2.97. The molecule has 4 nitrogen and oxygen atoms in total. The van der Waals surface area contributed by atoms with Gasteiger partial charge in [-0.2, -0.15) is 13.2 Å². The molecule has 0 aromatic carbocycles. The van der Waals surface area contributed by atoms with Crippen LogP contribution in [0.2, 0.25) is 0 Å². The standard InChI is InChI=1S/C10H14F3NO3/c1-4-17-9(16)7(6-14(2)3)8(15)5-10(11,12)13/h6H,4-5H2,1-3H3/b7-6-. The van der Waals surface area contributed by atoms with Crippen LogP contribution >= 0.6 is 0 Å². The molecule has 0 amide bonds. The first-order valence-electron chi connectivity index (χ1n) is 4.82. The van der Waals surface area contributed by atoms with Crippen LogP contribution in [-0.4, -0.2) is 43.5 Å². The summed E-state index contributed by atoms with van der Waals surface area (Å²) in [6.07, 6.45) is -5.30. The third kappa shape index (κ3) is 6.60. The van der Waals surface area contributed by atoms with Crippen LogP contribution in [0.5, 0.6) is 0 Å². The van der Waals surface area contributed by atoms with Gasteiger partial charge in [-0.3, -0.25) is 4.79 Å². The Balaban J connectivity index is 4.94. The van der Waals surface area contributed by atoms with E-state index in [4.69, 9.17) is 0 Å². The van der Waals surface area contributed by atoms with Gasteiger partial charge in [0.2, 0.25) is 0 Å². The third-order valence-corrected chi connectivity index (χ3v) is 1.54. The van der Waals surface area contributed by atoms with Gasteiger partial charge in [0.25, 0.3) is 0 Å². The molecule has 0 aliphatic rings. The maximum absolute atomic E-state index is 12.0. The number of carbonyl (C=O) groups is 2. The van der Waals surface area contributed by atoms with Crippen molar-refractivity contribution in [3.63, 3.8) is 0 Å². The zero-order chi connectivity index (χ0) is 13.6. The van der Waals surface area contributed by atoms with Crippen LogP contribution in [0.25, 0.3) is 0 Å². The molecule has 0 unspecified atom stereocenters. The Hall–Kier alpha value is -1.53. The van der Waals surface area contributed by atoms with Gasteiger partial charge < -0.3 is 9.64 Å². The fourth-order valence-corrected chi connectivity index (χ4v) is 0.983. The maximum atomic E-state index is 12.0. The van der Waals surface area contributed by atoms with Gasteiger partial charge in [0.1, 0.15) is 12.0 Å². The molecule has 0 rings (SSSR count). The first-order chi connectivity index (χ1) is 7.67. The van der Waals surface area contributed by atoms with Crippen molar-refractivity contribution in [2.45, 2.75) is 19.5 Å². The summed E-state index contributed by atoms with van der Waals surface area (Å²) >= 11 is 0. The summed E-state index contributed by atoms with van der Waals surface area (Å²) in [4.78, 5) is 23.9. The lowest BCUT2D eigenvalue weighted by Crippen LogP contribution is -2.23. The Labute approximate surface area is 97.0 Å². The highest BCUT2D eigenvalue weighted by Gasteiger charge is 2.34. The molecule has 17 heavy (non-hydrogen) atoms. The number of hydrogen-bond acceptors (Lipinski definition) is 4. The first kappa shape index (κ1) is 15.5. The number of hydrogen-bond donors (Lipinski definition) is 0. The van der Waals surface area contributed by atoms with Gasteiger partial charge in [-0.15, -0.1) is 0 Å². The van der Waals surface area contributed by atoms with Crippen molar-refractivity contribution in [2.75, 3.05) is 20.7 Å². The molecule has 0 aromatic heterocycles. The zero-order valence-corrected chi connectivity index (χ0v) is 9.80. The van der Waals surface area contributed by atoms with Crippen molar-refractivity contribution in [3.05, 3.63) is 11.8 Å². The van der Waals surface area contributed by atoms with E-state index in [1.54, 1.807) is 0 Å². The summed E-state index contributed by atoms with van der Waals surface area (Å²) in [5.41, 5.74) is -0.603. The number of nitrogens with zero attached hydrogens (tertiary/aromatic N) is 1. The van der Waals surface area contributed by atoms with Crippen molar-refractivity contribution in [1.82, 2.24) is 4.90 Å². The highest BCUT2D eigenvalue weighted by molar-refractivity contribution is 6.17. The predicted octanol–water partition coefficient (Wildman–Crippen LogP) is 1.52. The molecule has 0 saturated heterocycles. The summed E-state index contributed by atoms with van der Waals surface area (Å²) in [5.74, 6) is -2.35. The Morgan fingerprint density at radius 1 is 1.29 bits per heavy atom. The smallest absolute Gasteiger partial charge is 0.396 e. The molecule has 0 heterocycles. The average molecular weight is 253 g/mol. The largest absolute Gasteiger partial charge is 0.462 e. The molecule has 0 aliphatic carbocycles. The monoisotopic (exact) mass is 253 g/mol. The predicted molar refractivity (Wildman–Crippen MR) is 54.1 cm³/mol. The third-order valence-electron chi connectivity index (χ3n) is 1.54. The van der Waals surface area contributed by atoms with Gasteiger partial charge >= 0.3 is 12.1 Å². The van der Waals surface area contributed by atoms with Crippen molar-refractivity contribution in [3.8, 4) is 0 Å². The average Bonchev–Trinajstić information content (AvgIpc) is 2.11. The summed E-state index contributed by atoms with van der Waals surface area (Å²) in [6, 6.07) is 0. The molecule has 0 saturated carbocycles. The quantitative estimate of drug-likeness (QED) is 0.322. The minimum atomic E-state index is -4.64. The number of rotatable bonds is 5. The number of ether oxygens (including phenoxy) is 1. The lowest BCUT2D eigenvalue weighted by atomic mass is 10.1. The van der Waals surface area contributed by atoms with E-state index in [2.05, 4.69) is 4.74 Å². The molecule has 0 N–H and O–H groups in total. The lowest BCUT2D eigenvalue weighted by Gasteiger charge is -2.11. The lowest BCUT2D eigenvalue weighted by molar-refractivity contribution is -0.151. The van der Waals surface area contributed by atoms with E-state index in [1.165, 1.54) is 25.9 Å². The molecular weight excluding hydrogens is 239 g/mol. The highest BCUT2D eigenvalue weighted by atomic mass is 19.4. The van der Waals surface area contributed by atoms with Gasteiger partial charge in [-0.1, -0.05) is 0 Å². The fraction of sp³-hybridized carbons (Fsp3) is 0.600. The molecule has 98 valence electrons.